The zero-order chi connectivity index (χ0) is 10.8. The van der Waals surface area contributed by atoms with Gasteiger partial charge in [-0.25, -0.2) is 4.98 Å². The molecule has 0 bridgehead atoms. The fourth-order valence-corrected chi connectivity index (χ4v) is 1.82. The van der Waals surface area contributed by atoms with E-state index in [9.17, 15) is 13.2 Å². The highest BCUT2D eigenvalue weighted by Crippen LogP contribution is 2.31. The molecule has 0 radical (unpaired) electrons. The molecule has 1 aromatic rings. The van der Waals surface area contributed by atoms with Gasteiger partial charge in [-0.2, -0.15) is 13.2 Å². The van der Waals surface area contributed by atoms with Crippen LogP contribution in [0.3, 0.4) is 0 Å². The summed E-state index contributed by atoms with van der Waals surface area (Å²) >= 11 is 6.10. The highest BCUT2D eigenvalue weighted by Gasteiger charge is 2.31. The van der Waals surface area contributed by atoms with Crippen molar-refractivity contribution in [1.29, 1.82) is 0 Å². The molecule has 0 aliphatic rings. The molecule has 1 nitrogen and oxygen atoms in total. The zero-order valence-electron chi connectivity index (χ0n) is 6.91. The quantitative estimate of drug-likeness (QED) is 0.593. The number of pyridine rings is 1. The average molecular weight is 333 g/mol. The minimum absolute atomic E-state index is 0.211. The SMILES string of the molecule is FC(F)(F)c1cc(Br)nc(CCBr)c1. The minimum Gasteiger partial charge on any atom is -0.246 e. The van der Waals surface area contributed by atoms with Crippen molar-refractivity contribution < 1.29 is 13.2 Å². The Kier molecular flexibility index (Phi) is 3.94. The van der Waals surface area contributed by atoms with E-state index in [4.69, 9.17) is 0 Å². The standard InChI is InChI=1S/C8H6Br2F3N/c9-2-1-6-3-5(8(11,12)13)4-7(10)14-6/h3-4H,1-2H2. The largest absolute Gasteiger partial charge is 0.416 e. The van der Waals surface area contributed by atoms with Gasteiger partial charge in [-0.1, -0.05) is 15.9 Å². The smallest absolute Gasteiger partial charge is 0.246 e. The third kappa shape index (κ3) is 3.24. The van der Waals surface area contributed by atoms with Crippen LogP contribution in [0, 0.1) is 0 Å². The number of hydrogen-bond acceptors (Lipinski definition) is 1. The Hall–Kier alpha value is -0.100. The van der Waals surface area contributed by atoms with Gasteiger partial charge in [-0.05, 0) is 34.5 Å². The number of aryl methyl sites for hydroxylation is 1. The molecule has 0 saturated carbocycles. The molecule has 1 heterocycles. The van der Waals surface area contributed by atoms with Crippen LogP contribution in [0.25, 0.3) is 0 Å². The van der Waals surface area contributed by atoms with Crippen LogP contribution in [0.5, 0.6) is 0 Å². The van der Waals surface area contributed by atoms with Gasteiger partial charge in [0, 0.05) is 11.0 Å². The topological polar surface area (TPSA) is 12.9 Å². The zero-order valence-corrected chi connectivity index (χ0v) is 10.1. The van der Waals surface area contributed by atoms with Crippen LogP contribution in [0.4, 0.5) is 13.2 Å². The molecular formula is C8H6Br2F3N. The van der Waals surface area contributed by atoms with E-state index >= 15 is 0 Å². The molecule has 1 rings (SSSR count). The summed E-state index contributed by atoms with van der Waals surface area (Å²) in [6.45, 7) is 0. The number of hydrogen-bond donors (Lipinski definition) is 0. The van der Waals surface area contributed by atoms with Crippen molar-refractivity contribution in [2.45, 2.75) is 12.6 Å². The number of alkyl halides is 4. The van der Waals surface area contributed by atoms with E-state index in [0.717, 1.165) is 12.1 Å². The molecule has 0 aliphatic carbocycles. The second-order valence-electron chi connectivity index (χ2n) is 2.61. The van der Waals surface area contributed by atoms with Crippen molar-refractivity contribution in [2.24, 2.45) is 0 Å². The van der Waals surface area contributed by atoms with Crippen molar-refractivity contribution >= 4 is 31.9 Å². The summed E-state index contributed by atoms with van der Waals surface area (Å²) in [4.78, 5) is 3.92. The van der Waals surface area contributed by atoms with Gasteiger partial charge in [0.05, 0.1) is 5.56 Å². The molecule has 0 aromatic carbocycles. The molecule has 1 aromatic heterocycles. The first kappa shape index (κ1) is 12.0. The van der Waals surface area contributed by atoms with Gasteiger partial charge in [0.25, 0.3) is 0 Å². The van der Waals surface area contributed by atoms with Crippen molar-refractivity contribution in [2.75, 3.05) is 5.33 Å². The lowest BCUT2D eigenvalue weighted by molar-refractivity contribution is -0.137. The van der Waals surface area contributed by atoms with Crippen LogP contribution in [-0.4, -0.2) is 10.3 Å². The van der Waals surface area contributed by atoms with Gasteiger partial charge in [0.15, 0.2) is 0 Å². The fourth-order valence-electron chi connectivity index (χ4n) is 0.940. The predicted octanol–water partition coefficient (Wildman–Crippen LogP) is 3.80. The number of nitrogens with zero attached hydrogens (tertiary/aromatic N) is 1. The lowest BCUT2D eigenvalue weighted by atomic mass is 10.2. The average Bonchev–Trinajstić information content (AvgIpc) is 2.02. The summed E-state index contributed by atoms with van der Waals surface area (Å²) in [5, 5.41) is 0.591. The first-order valence-corrected chi connectivity index (χ1v) is 5.64. The van der Waals surface area contributed by atoms with Crippen LogP contribution in [0.1, 0.15) is 11.3 Å². The number of rotatable bonds is 2. The lowest BCUT2D eigenvalue weighted by Crippen LogP contribution is -2.07. The Balaban J connectivity index is 3.07. The molecular weight excluding hydrogens is 327 g/mol. The van der Waals surface area contributed by atoms with E-state index in [2.05, 4.69) is 36.8 Å². The second kappa shape index (κ2) is 4.61. The van der Waals surface area contributed by atoms with E-state index in [-0.39, 0.29) is 4.60 Å². The normalized spacial score (nSPS) is 11.8. The summed E-state index contributed by atoms with van der Waals surface area (Å²) in [5.74, 6) is 0. The Bertz CT molecular complexity index is 325. The Morgan fingerprint density at radius 1 is 1.29 bits per heavy atom. The minimum atomic E-state index is -4.31. The fraction of sp³-hybridized carbons (Fsp3) is 0.375. The predicted molar refractivity (Wildman–Crippen MR) is 54.4 cm³/mol. The lowest BCUT2D eigenvalue weighted by Gasteiger charge is -2.08. The maximum atomic E-state index is 12.3. The van der Waals surface area contributed by atoms with Gasteiger partial charge >= 0.3 is 6.18 Å². The van der Waals surface area contributed by atoms with Crippen LogP contribution in [0.2, 0.25) is 0 Å². The molecule has 6 heteroatoms. The number of halogens is 5. The molecule has 0 aliphatic heterocycles. The van der Waals surface area contributed by atoms with Gasteiger partial charge in [-0.3, -0.25) is 0 Å². The second-order valence-corrected chi connectivity index (χ2v) is 4.21. The van der Waals surface area contributed by atoms with Crippen molar-refractivity contribution in [1.82, 2.24) is 4.98 Å². The van der Waals surface area contributed by atoms with Crippen molar-refractivity contribution in [3.63, 3.8) is 0 Å². The molecule has 0 saturated heterocycles. The molecule has 78 valence electrons. The Morgan fingerprint density at radius 3 is 2.43 bits per heavy atom. The molecule has 0 fully saturated rings. The van der Waals surface area contributed by atoms with Crippen LogP contribution in [-0.2, 0) is 12.6 Å². The van der Waals surface area contributed by atoms with Crippen molar-refractivity contribution in [3.05, 3.63) is 28.0 Å². The van der Waals surface area contributed by atoms with E-state index in [1.165, 1.54) is 0 Å². The molecule has 0 N–H and O–H groups in total. The third-order valence-corrected chi connectivity index (χ3v) is 2.33. The van der Waals surface area contributed by atoms with E-state index < -0.39 is 11.7 Å². The van der Waals surface area contributed by atoms with Gasteiger partial charge in [0.2, 0.25) is 0 Å². The Labute approximate surface area is 96.0 Å². The van der Waals surface area contributed by atoms with Gasteiger partial charge < -0.3 is 0 Å². The van der Waals surface area contributed by atoms with Crippen molar-refractivity contribution in [3.8, 4) is 0 Å². The van der Waals surface area contributed by atoms with Gasteiger partial charge in [-0.15, -0.1) is 0 Å². The van der Waals surface area contributed by atoms with Gasteiger partial charge in [0.1, 0.15) is 4.60 Å². The summed E-state index contributed by atoms with van der Waals surface area (Å²) in [6.07, 6.45) is -3.84. The summed E-state index contributed by atoms with van der Waals surface area (Å²) < 4.78 is 37.2. The number of aromatic nitrogens is 1. The monoisotopic (exact) mass is 331 g/mol. The highest BCUT2D eigenvalue weighted by molar-refractivity contribution is 9.10. The summed E-state index contributed by atoms with van der Waals surface area (Å²) in [5.41, 5.74) is -0.251. The maximum absolute atomic E-state index is 12.3. The van der Waals surface area contributed by atoms with Crippen LogP contribution < -0.4 is 0 Å². The summed E-state index contributed by atoms with van der Waals surface area (Å²) in [6, 6.07) is 2.03. The maximum Gasteiger partial charge on any atom is 0.416 e. The van der Waals surface area contributed by atoms with E-state index in [0.29, 0.717) is 17.4 Å². The highest BCUT2D eigenvalue weighted by atomic mass is 79.9. The van der Waals surface area contributed by atoms with E-state index in [1.54, 1.807) is 0 Å². The molecule has 14 heavy (non-hydrogen) atoms. The molecule has 0 unspecified atom stereocenters. The third-order valence-electron chi connectivity index (χ3n) is 1.53. The first-order chi connectivity index (χ1) is 6.43. The Morgan fingerprint density at radius 2 is 1.93 bits per heavy atom. The first-order valence-electron chi connectivity index (χ1n) is 3.73. The van der Waals surface area contributed by atoms with Crippen LogP contribution >= 0.6 is 31.9 Å². The summed E-state index contributed by atoms with van der Waals surface area (Å²) in [7, 11) is 0. The molecule has 0 amide bonds. The molecule has 0 spiro atoms. The van der Waals surface area contributed by atoms with Crippen LogP contribution in [0.15, 0.2) is 16.7 Å². The molecule has 0 atom stereocenters. The van der Waals surface area contributed by atoms with E-state index in [1.807, 2.05) is 0 Å².